The number of nitrogens with zero attached hydrogens (tertiary/aromatic N) is 3. The second-order valence-corrected chi connectivity index (χ2v) is 7.08. The van der Waals surface area contributed by atoms with Gasteiger partial charge in [0.2, 0.25) is 5.13 Å². The highest BCUT2D eigenvalue weighted by atomic mass is 32.1. The Morgan fingerprint density at radius 1 is 1.33 bits per heavy atom. The summed E-state index contributed by atoms with van der Waals surface area (Å²) < 4.78 is 0. The van der Waals surface area contributed by atoms with Gasteiger partial charge in [-0.2, -0.15) is 0 Å². The standard InChI is InChI=1S/C17H23N5OS/c1-2-6-15-20-21-17(24-15)19-16(23)18-11-13-9-10-22(12-13)14-7-4-3-5-8-14/h3-5,7-8,13H,2,6,9-12H2,1H3,(H2,18,19,21,23). The van der Waals surface area contributed by atoms with Crippen LogP contribution >= 0.6 is 11.3 Å². The Balaban J connectivity index is 1.42. The molecule has 7 heteroatoms. The van der Waals surface area contributed by atoms with Crippen molar-refractivity contribution in [2.75, 3.05) is 29.9 Å². The molecule has 6 nitrogen and oxygen atoms in total. The Morgan fingerprint density at radius 2 is 2.17 bits per heavy atom. The maximum atomic E-state index is 12.0. The zero-order valence-corrected chi connectivity index (χ0v) is 14.7. The summed E-state index contributed by atoms with van der Waals surface area (Å²) in [5.74, 6) is 0.473. The third-order valence-electron chi connectivity index (χ3n) is 4.11. The van der Waals surface area contributed by atoms with Crippen molar-refractivity contribution in [2.24, 2.45) is 5.92 Å². The maximum absolute atomic E-state index is 12.0. The van der Waals surface area contributed by atoms with E-state index >= 15 is 0 Å². The van der Waals surface area contributed by atoms with Crippen molar-refractivity contribution in [3.8, 4) is 0 Å². The summed E-state index contributed by atoms with van der Waals surface area (Å²) >= 11 is 1.44. The smallest absolute Gasteiger partial charge is 0.321 e. The van der Waals surface area contributed by atoms with E-state index in [1.54, 1.807) is 0 Å². The molecule has 128 valence electrons. The Labute approximate surface area is 146 Å². The number of hydrogen-bond acceptors (Lipinski definition) is 5. The lowest BCUT2D eigenvalue weighted by atomic mass is 10.1. The average molecular weight is 345 g/mol. The Hall–Kier alpha value is -2.15. The molecular weight excluding hydrogens is 322 g/mol. The van der Waals surface area contributed by atoms with Crippen LogP contribution in [-0.4, -0.2) is 35.9 Å². The number of carbonyl (C=O) groups excluding carboxylic acids is 1. The van der Waals surface area contributed by atoms with E-state index in [9.17, 15) is 4.79 Å². The second-order valence-electron chi connectivity index (χ2n) is 6.02. The molecule has 2 amide bonds. The van der Waals surface area contributed by atoms with E-state index in [0.29, 0.717) is 17.6 Å². The molecule has 1 aliphatic rings. The van der Waals surface area contributed by atoms with E-state index in [-0.39, 0.29) is 6.03 Å². The Morgan fingerprint density at radius 3 is 2.96 bits per heavy atom. The number of rotatable bonds is 6. The van der Waals surface area contributed by atoms with Crippen molar-refractivity contribution >= 4 is 28.2 Å². The summed E-state index contributed by atoms with van der Waals surface area (Å²) in [7, 11) is 0. The SMILES string of the molecule is CCCc1nnc(NC(=O)NCC2CCN(c3ccccc3)C2)s1. The summed E-state index contributed by atoms with van der Waals surface area (Å²) in [5.41, 5.74) is 1.25. The molecule has 1 aromatic carbocycles. The van der Waals surface area contributed by atoms with Crippen molar-refractivity contribution in [3.05, 3.63) is 35.3 Å². The van der Waals surface area contributed by atoms with Crippen LogP contribution in [0.25, 0.3) is 0 Å². The zero-order chi connectivity index (χ0) is 16.8. The van der Waals surface area contributed by atoms with Gasteiger partial charge in [0.05, 0.1) is 0 Å². The number of hydrogen-bond donors (Lipinski definition) is 2. The third kappa shape index (κ3) is 4.44. The fourth-order valence-electron chi connectivity index (χ4n) is 2.87. The molecule has 0 saturated carbocycles. The van der Waals surface area contributed by atoms with E-state index in [1.807, 2.05) is 6.07 Å². The first-order valence-corrected chi connectivity index (χ1v) is 9.23. The number of aromatic nitrogens is 2. The molecule has 1 aromatic heterocycles. The molecule has 2 N–H and O–H groups in total. The fourth-order valence-corrected chi connectivity index (χ4v) is 3.71. The van der Waals surface area contributed by atoms with Crippen LogP contribution in [0.3, 0.4) is 0 Å². The van der Waals surface area contributed by atoms with E-state index < -0.39 is 0 Å². The molecule has 1 fully saturated rings. The molecule has 1 saturated heterocycles. The van der Waals surface area contributed by atoms with Crippen molar-refractivity contribution < 1.29 is 4.79 Å². The molecule has 1 aliphatic heterocycles. The number of carbonyl (C=O) groups is 1. The van der Waals surface area contributed by atoms with Gasteiger partial charge in [0, 0.05) is 31.7 Å². The van der Waals surface area contributed by atoms with Crippen molar-refractivity contribution in [1.29, 1.82) is 0 Å². The Kier molecular flexibility index (Phi) is 5.63. The first-order chi connectivity index (χ1) is 11.7. The molecule has 1 atom stereocenters. The quantitative estimate of drug-likeness (QED) is 0.844. The van der Waals surface area contributed by atoms with Crippen LogP contribution in [0.15, 0.2) is 30.3 Å². The first kappa shape index (κ1) is 16.7. The normalized spacial score (nSPS) is 17.0. The highest BCUT2D eigenvalue weighted by Crippen LogP contribution is 2.23. The minimum absolute atomic E-state index is 0.202. The molecular formula is C17H23N5OS. The zero-order valence-electron chi connectivity index (χ0n) is 13.9. The van der Waals surface area contributed by atoms with Crippen LogP contribution in [0.1, 0.15) is 24.8 Å². The van der Waals surface area contributed by atoms with Crippen LogP contribution in [0.5, 0.6) is 0 Å². The Bertz CT molecular complexity index is 660. The van der Waals surface area contributed by atoms with E-state index in [2.05, 4.69) is 56.9 Å². The van der Waals surface area contributed by atoms with Gasteiger partial charge in [-0.3, -0.25) is 5.32 Å². The van der Waals surface area contributed by atoms with Gasteiger partial charge in [0.1, 0.15) is 5.01 Å². The average Bonchev–Trinajstić information content (AvgIpc) is 3.24. The van der Waals surface area contributed by atoms with Gasteiger partial charge in [0.15, 0.2) is 0 Å². The highest BCUT2D eigenvalue weighted by molar-refractivity contribution is 7.15. The lowest BCUT2D eigenvalue weighted by Crippen LogP contribution is -2.34. The molecule has 0 bridgehead atoms. The monoisotopic (exact) mass is 345 g/mol. The number of para-hydroxylation sites is 1. The van der Waals surface area contributed by atoms with E-state index in [1.165, 1.54) is 17.0 Å². The van der Waals surface area contributed by atoms with Gasteiger partial charge >= 0.3 is 6.03 Å². The molecule has 24 heavy (non-hydrogen) atoms. The van der Waals surface area contributed by atoms with Gasteiger partial charge in [-0.1, -0.05) is 36.5 Å². The maximum Gasteiger partial charge on any atom is 0.321 e. The summed E-state index contributed by atoms with van der Waals surface area (Å²) in [4.78, 5) is 14.4. The van der Waals surface area contributed by atoms with E-state index in [0.717, 1.165) is 37.4 Å². The topological polar surface area (TPSA) is 70.1 Å². The second kappa shape index (κ2) is 8.10. The number of aryl methyl sites for hydroxylation is 1. The third-order valence-corrected chi connectivity index (χ3v) is 5.01. The summed E-state index contributed by atoms with van der Waals surface area (Å²) in [6.07, 6.45) is 3.02. The van der Waals surface area contributed by atoms with Crippen molar-refractivity contribution in [1.82, 2.24) is 15.5 Å². The van der Waals surface area contributed by atoms with Crippen LogP contribution in [0.2, 0.25) is 0 Å². The van der Waals surface area contributed by atoms with Crippen LogP contribution in [-0.2, 0) is 6.42 Å². The van der Waals surface area contributed by atoms with Gasteiger partial charge in [-0.15, -0.1) is 10.2 Å². The van der Waals surface area contributed by atoms with Crippen LogP contribution < -0.4 is 15.5 Å². The van der Waals surface area contributed by atoms with E-state index in [4.69, 9.17) is 0 Å². The number of benzene rings is 1. The number of urea groups is 1. The van der Waals surface area contributed by atoms with Gasteiger partial charge < -0.3 is 10.2 Å². The first-order valence-electron chi connectivity index (χ1n) is 8.42. The molecule has 2 heterocycles. The molecule has 0 spiro atoms. The van der Waals surface area contributed by atoms with Crippen LogP contribution in [0, 0.1) is 5.92 Å². The molecule has 0 aliphatic carbocycles. The van der Waals surface area contributed by atoms with Gasteiger partial charge in [-0.25, -0.2) is 4.79 Å². The number of nitrogens with one attached hydrogen (secondary N) is 2. The summed E-state index contributed by atoms with van der Waals surface area (Å²) in [6.45, 7) is 4.79. The molecule has 1 unspecified atom stereocenters. The van der Waals surface area contributed by atoms with Gasteiger partial charge in [-0.05, 0) is 30.9 Å². The lowest BCUT2D eigenvalue weighted by molar-refractivity contribution is 0.250. The van der Waals surface area contributed by atoms with Gasteiger partial charge in [0.25, 0.3) is 0 Å². The molecule has 0 radical (unpaired) electrons. The summed E-state index contributed by atoms with van der Waals surface area (Å²) in [6, 6.07) is 10.2. The van der Waals surface area contributed by atoms with Crippen LogP contribution in [0.4, 0.5) is 15.6 Å². The fraction of sp³-hybridized carbons (Fsp3) is 0.471. The molecule has 2 aromatic rings. The minimum Gasteiger partial charge on any atom is -0.371 e. The van der Waals surface area contributed by atoms with Crippen molar-refractivity contribution in [3.63, 3.8) is 0 Å². The number of anilines is 2. The van der Waals surface area contributed by atoms with Crippen molar-refractivity contribution in [2.45, 2.75) is 26.2 Å². The predicted octanol–water partition coefficient (Wildman–Crippen LogP) is 3.14. The highest BCUT2D eigenvalue weighted by Gasteiger charge is 2.23. The summed E-state index contributed by atoms with van der Waals surface area (Å²) in [5, 5.41) is 15.3. The predicted molar refractivity (Wildman–Crippen MR) is 97.7 cm³/mol. The lowest BCUT2D eigenvalue weighted by Gasteiger charge is -2.18. The minimum atomic E-state index is -0.202. The number of amides is 2. The molecule has 3 rings (SSSR count). The largest absolute Gasteiger partial charge is 0.371 e.